The summed E-state index contributed by atoms with van der Waals surface area (Å²) in [6, 6.07) is 3.55. The molecule has 1 fully saturated rings. The highest BCUT2D eigenvalue weighted by Gasteiger charge is 2.42. The molecule has 0 saturated carbocycles. The van der Waals surface area contributed by atoms with Crippen molar-refractivity contribution in [2.24, 2.45) is 0 Å². The number of nitrogens with one attached hydrogen (secondary N) is 2. The minimum Gasteiger partial charge on any atom is -0.352 e. The monoisotopic (exact) mass is 430 g/mol. The van der Waals surface area contributed by atoms with E-state index in [9.17, 15) is 9.59 Å². The normalized spacial score (nSPS) is 18.6. The average Bonchev–Trinajstić information content (AvgIpc) is 3.20. The molecule has 6 nitrogen and oxygen atoms in total. The quantitative estimate of drug-likeness (QED) is 0.480. The second-order valence-corrected chi connectivity index (χ2v) is 8.79. The standard InChI is InChI=1S/C25H42N4O2/c1-5-9-19(10-6-2)27-24(30)22-13-14-23(29(22)21-15-17-26-18-16-21)25(31)28-20(11-7-3)12-8-4/h15-20,22-23H,5-14H2,1-4H3,(H,27,30)(H,28,31)/t22-,23-/m0/s1. The molecule has 2 N–H and O–H groups in total. The van der Waals surface area contributed by atoms with Gasteiger partial charge in [0.15, 0.2) is 0 Å². The molecule has 2 rings (SSSR count). The maximum Gasteiger partial charge on any atom is 0.242 e. The summed E-state index contributed by atoms with van der Waals surface area (Å²) in [5.41, 5.74) is 0.887. The van der Waals surface area contributed by atoms with Gasteiger partial charge in [-0.1, -0.05) is 53.4 Å². The van der Waals surface area contributed by atoms with Crippen LogP contribution >= 0.6 is 0 Å². The van der Waals surface area contributed by atoms with Gasteiger partial charge in [-0.2, -0.15) is 0 Å². The molecule has 0 spiro atoms. The van der Waals surface area contributed by atoms with E-state index in [0.29, 0.717) is 12.8 Å². The predicted octanol–water partition coefficient (Wildman–Crippen LogP) is 4.59. The van der Waals surface area contributed by atoms with Gasteiger partial charge in [0.25, 0.3) is 0 Å². The lowest BCUT2D eigenvalue weighted by Gasteiger charge is -2.33. The fourth-order valence-corrected chi connectivity index (χ4v) is 4.77. The zero-order chi connectivity index (χ0) is 22.6. The van der Waals surface area contributed by atoms with Gasteiger partial charge in [0.2, 0.25) is 11.8 Å². The minimum absolute atomic E-state index is 0.0395. The van der Waals surface area contributed by atoms with Crippen LogP contribution in [0.25, 0.3) is 0 Å². The molecule has 0 unspecified atom stereocenters. The largest absolute Gasteiger partial charge is 0.352 e. The third kappa shape index (κ3) is 7.22. The smallest absolute Gasteiger partial charge is 0.242 e. The number of carbonyl (C=O) groups is 2. The van der Waals surface area contributed by atoms with Gasteiger partial charge in [-0.3, -0.25) is 14.6 Å². The summed E-state index contributed by atoms with van der Waals surface area (Å²) in [4.78, 5) is 32.7. The Hall–Kier alpha value is -2.11. The van der Waals surface area contributed by atoms with E-state index >= 15 is 0 Å². The summed E-state index contributed by atoms with van der Waals surface area (Å²) in [7, 11) is 0. The van der Waals surface area contributed by atoms with Crippen molar-refractivity contribution < 1.29 is 9.59 Å². The molecular formula is C25H42N4O2. The first-order chi connectivity index (χ1) is 15.0. The SMILES string of the molecule is CCCC(CCC)NC(=O)[C@@H]1CC[C@@H](C(=O)NC(CCC)CCC)N1c1ccncc1. The highest BCUT2D eigenvalue weighted by molar-refractivity contribution is 5.92. The number of amides is 2. The molecule has 0 aliphatic carbocycles. The van der Waals surface area contributed by atoms with Crippen LogP contribution in [-0.4, -0.2) is 41.0 Å². The molecule has 1 aromatic heterocycles. The topological polar surface area (TPSA) is 74.3 Å². The van der Waals surface area contributed by atoms with Gasteiger partial charge in [0, 0.05) is 30.2 Å². The lowest BCUT2D eigenvalue weighted by molar-refractivity contribution is -0.123. The van der Waals surface area contributed by atoms with Crippen LogP contribution in [0.3, 0.4) is 0 Å². The van der Waals surface area contributed by atoms with Crippen LogP contribution in [0.4, 0.5) is 5.69 Å². The van der Waals surface area contributed by atoms with Crippen LogP contribution in [0, 0.1) is 0 Å². The summed E-state index contributed by atoms with van der Waals surface area (Å²) in [6.45, 7) is 8.60. The lowest BCUT2D eigenvalue weighted by Crippen LogP contribution is -2.53. The molecule has 1 aromatic rings. The number of hydrogen-bond acceptors (Lipinski definition) is 4. The molecule has 1 aliphatic heterocycles. The first-order valence-electron chi connectivity index (χ1n) is 12.3. The Morgan fingerprint density at radius 2 is 1.23 bits per heavy atom. The Morgan fingerprint density at radius 3 is 1.58 bits per heavy atom. The molecule has 6 heteroatoms. The van der Waals surface area contributed by atoms with Crippen LogP contribution < -0.4 is 15.5 Å². The zero-order valence-corrected chi connectivity index (χ0v) is 19.9. The van der Waals surface area contributed by atoms with Crippen LogP contribution in [0.1, 0.15) is 91.9 Å². The lowest BCUT2D eigenvalue weighted by atomic mass is 10.1. The second-order valence-electron chi connectivity index (χ2n) is 8.79. The van der Waals surface area contributed by atoms with Gasteiger partial charge in [-0.25, -0.2) is 0 Å². The van der Waals surface area contributed by atoms with Crippen LogP contribution in [0.2, 0.25) is 0 Å². The van der Waals surface area contributed by atoms with Crippen molar-refractivity contribution in [2.45, 2.75) is 116 Å². The molecule has 1 saturated heterocycles. The van der Waals surface area contributed by atoms with Crippen LogP contribution in [-0.2, 0) is 9.59 Å². The zero-order valence-electron chi connectivity index (χ0n) is 19.9. The van der Waals surface area contributed by atoms with E-state index in [1.54, 1.807) is 12.4 Å². The fourth-order valence-electron chi connectivity index (χ4n) is 4.77. The number of carbonyl (C=O) groups excluding carboxylic acids is 2. The molecule has 2 amide bonds. The van der Waals surface area contributed by atoms with Crippen molar-refractivity contribution in [3.05, 3.63) is 24.5 Å². The highest BCUT2D eigenvalue weighted by Crippen LogP contribution is 2.31. The van der Waals surface area contributed by atoms with Gasteiger partial charge in [0.05, 0.1) is 0 Å². The van der Waals surface area contributed by atoms with E-state index in [1.165, 1.54) is 0 Å². The highest BCUT2D eigenvalue weighted by atomic mass is 16.2. The number of pyridine rings is 1. The molecule has 0 radical (unpaired) electrons. The minimum atomic E-state index is -0.329. The van der Waals surface area contributed by atoms with Crippen molar-refractivity contribution in [1.82, 2.24) is 15.6 Å². The van der Waals surface area contributed by atoms with Gasteiger partial charge < -0.3 is 15.5 Å². The summed E-state index contributed by atoms with van der Waals surface area (Å²) < 4.78 is 0. The Labute approximate surface area is 188 Å². The number of anilines is 1. The van der Waals surface area contributed by atoms with Crippen molar-refractivity contribution in [3.63, 3.8) is 0 Å². The molecule has 0 aromatic carbocycles. The molecule has 0 bridgehead atoms. The summed E-state index contributed by atoms with van der Waals surface area (Å²) >= 11 is 0. The summed E-state index contributed by atoms with van der Waals surface area (Å²) in [6.07, 6.45) is 13.0. The third-order valence-electron chi connectivity index (χ3n) is 6.19. The molecular weight excluding hydrogens is 388 g/mol. The maximum atomic E-state index is 13.3. The third-order valence-corrected chi connectivity index (χ3v) is 6.19. The molecule has 31 heavy (non-hydrogen) atoms. The van der Waals surface area contributed by atoms with Gasteiger partial charge in [-0.15, -0.1) is 0 Å². The van der Waals surface area contributed by atoms with Crippen molar-refractivity contribution in [3.8, 4) is 0 Å². The van der Waals surface area contributed by atoms with Crippen molar-refractivity contribution in [1.29, 1.82) is 0 Å². The molecule has 1 aliphatic rings. The number of hydrogen-bond donors (Lipinski definition) is 2. The summed E-state index contributed by atoms with van der Waals surface area (Å²) in [5, 5.41) is 6.55. The van der Waals surface area contributed by atoms with Gasteiger partial charge in [0.1, 0.15) is 12.1 Å². The Morgan fingerprint density at radius 1 is 0.839 bits per heavy atom. The molecule has 2 heterocycles. The first kappa shape index (κ1) is 25.2. The van der Waals surface area contributed by atoms with Crippen LogP contribution in [0.5, 0.6) is 0 Å². The maximum absolute atomic E-state index is 13.3. The first-order valence-corrected chi connectivity index (χ1v) is 12.3. The average molecular weight is 431 g/mol. The van der Waals surface area contributed by atoms with Crippen molar-refractivity contribution in [2.75, 3.05) is 4.90 Å². The number of aromatic nitrogens is 1. The van der Waals surface area contributed by atoms with E-state index in [4.69, 9.17) is 0 Å². The molecule has 2 atom stereocenters. The number of rotatable bonds is 13. The summed E-state index contributed by atoms with van der Waals surface area (Å²) in [5.74, 6) is 0.0790. The Kier molecular flexibility index (Phi) is 10.8. The van der Waals surface area contributed by atoms with E-state index in [1.807, 2.05) is 17.0 Å². The van der Waals surface area contributed by atoms with E-state index in [-0.39, 0.29) is 36.0 Å². The van der Waals surface area contributed by atoms with E-state index in [2.05, 4.69) is 43.3 Å². The van der Waals surface area contributed by atoms with Crippen molar-refractivity contribution >= 4 is 17.5 Å². The Balaban J connectivity index is 2.20. The predicted molar refractivity (Wildman–Crippen MR) is 127 cm³/mol. The van der Waals surface area contributed by atoms with E-state index in [0.717, 1.165) is 57.1 Å². The van der Waals surface area contributed by atoms with Crippen LogP contribution in [0.15, 0.2) is 24.5 Å². The van der Waals surface area contributed by atoms with Gasteiger partial charge >= 0.3 is 0 Å². The van der Waals surface area contributed by atoms with Gasteiger partial charge in [-0.05, 0) is 50.7 Å². The second kappa shape index (κ2) is 13.3. The number of nitrogens with zero attached hydrogens (tertiary/aromatic N) is 2. The fraction of sp³-hybridized carbons (Fsp3) is 0.720. The Bertz CT molecular complexity index is 617. The van der Waals surface area contributed by atoms with E-state index < -0.39 is 0 Å². The molecule has 174 valence electrons.